The van der Waals surface area contributed by atoms with E-state index in [0.29, 0.717) is 11.6 Å². The van der Waals surface area contributed by atoms with Crippen LogP contribution in [0, 0.1) is 0 Å². The zero-order valence-corrected chi connectivity index (χ0v) is 10.0. The molecule has 0 aliphatic carbocycles. The molecule has 0 saturated carbocycles. The van der Waals surface area contributed by atoms with E-state index in [1.165, 1.54) is 5.56 Å². The average Bonchev–Trinajstić information content (AvgIpc) is 2.29. The second-order valence-electron chi connectivity index (χ2n) is 4.53. The van der Waals surface area contributed by atoms with Gasteiger partial charge in [-0.05, 0) is 17.9 Å². The molecule has 1 atom stereocenters. The summed E-state index contributed by atoms with van der Waals surface area (Å²) in [5.41, 5.74) is 1.72. The van der Waals surface area contributed by atoms with Crippen LogP contribution in [0.2, 0.25) is 0 Å². The lowest BCUT2D eigenvalue weighted by molar-refractivity contribution is -0.0212. The molecule has 2 N–H and O–H groups in total. The van der Waals surface area contributed by atoms with Crippen molar-refractivity contribution in [2.24, 2.45) is 0 Å². The van der Waals surface area contributed by atoms with Crippen molar-refractivity contribution < 1.29 is 14.8 Å². The molecule has 1 aliphatic rings. The predicted octanol–water partition coefficient (Wildman–Crippen LogP) is -0.413. The van der Waals surface area contributed by atoms with E-state index < -0.39 is 7.12 Å². The van der Waals surface area contributed by atoms with E-state index in [0.717, 1.165) is 26.2 Å². The molecule has 1 unspecified atom stereocenters. The number of benzene rings is 1. The molecule has 1 saturated heterocycles. The van der Waals surface area contributed by atoms with Gasteiger partial charge >= 0.3 is 7.12 Å². The molecule has 17 heavy (non-hydrogen) atoms. The Kier molecular flexibility index (Phi) is 4.18. The van der Waals surface area contributed by atoms with Crippen molar-refractivity contribution in [2.75, 3.05) is 19.7 Å². The summed E-state index contributed by atoms with van der Waals surface area (Å²) in [6.45, 7) is 5.65. The van der Waals surface area contributed by atoms with Gasteiger partial charge in [0.25, 0.3) is 0 Å². The fourth-order valence-electron chi connectivity index (χ4n) is 2.09. The highest BCUT2D eigenvalue weighted by molar-refractivity contribution is 6.58. The van der Waals surface area contributed by atoms with Gasteiger partial charge in [-0.3, -0.25) is 4.90 Å². The van der Waals surface area contributed by atoms with Gasteiger partial charge in [-0.1, -0.05) is 24.3 Å². The summed E-state index contributed by atoms with van der Waals surface area (Å²) in [7, 11) is -1.38. The Hall–Kier alpha value is -0.875. The Morgan fingerprint density at radius 2 is 2.06 bits per heavy atom. The maximum absolute atomic E-state index is 9.00. The molecule has 1 aromatic carbocycles. The van der Waals surface area contributed by atoms with Crippen LogP contribution < -0.4 is 5.46 Å². The van der Waals surface area contributed by atoms with Crippen molar-refractivity contribution in [2.45, 2.75) is 19.6 Å². The lowest BCUT2D eigenvalue weighted by atomic mass is 9.80. The van der Waals surface area contributed by atoms with Crippen LogP contribution in [0.15, 0.2) is 24.3 Å². The molecule has 1 aliphatic heterocycles. The van der Waals surface area contributed by atoms with Crippen LogP contribution in [0.3, 0.4) is 0 Å². The summed E-state index contributed by atoms with van der Waals surface area (Å²) in [5.74, 6) is 0. The average molecular weight is 235 g/mol. The van der Waals surface area contributed by atoms with Crippen LogP contribution in [0.5, 0.6) is 0 Å². The lowest BCUT2D eigenvalue weighted by Gasteiger charge is -2.31. The highest BCUT2D eigenvalue weighted by Crippen LogP contribution is 2.09. The minimum absolute atomic E-state index is 0.294. The largest absolute Gasteiger partial charge is 0.488 e. The molecule has 5 heteroatoms. The van der Waals surface area contributed by atoms with Gasteiger partial charge in [-0.2, -0.15) is 0 Å². The maximum atomic E-state index is 9.00. The van der Waals surface area contributed by atoms with Gasteiger partial charge < -0.3 is 14.8 Å². The van der Waals surface area contributed by atoms with E-state index in [1.54, 1.807) is 12.1 Å². The van der Waals surface area contributed by atoms with E-state index in [4.69, 9.17) is 14.8 Å². The van der Waals surface area contributed by atoms with Crippen molar-refractivity contribution in [3.8, 4) is 0 Å². The van der Waals surface area contributed by atoms with Crippen LogP contribution in [-0.4, -0.2) is 47.9 Å². The SMILES string of the molecule is CC1CN(Cc2ccc(B(O)O)cc2)CCO1. The molecule has 92 valence electrons. The molecule has 1 fully saturated rings. The third-order valence-corrected chi connectivity index (χ3v) is 3.01. The zero-order valence-electron chi connectivity index (χ0n) is 10.0. The van der Waals surface area contributed by atoms with Crippen LogP contribution in [0.4, 0.5) is 0 Å². The van der Waals surface area contributed by atoms with Gasteiger partial charge in [0, 0.05) is 19.6 Å². The number of ether oxygens (including phenoxy) is 1. The van der Waals surface area contributed by atoms with Gasteiger partial charge in [-0.15, -0.1) is 0 Å². The molecule has 0 radical (unpaired) electrons. The van der Waals surface area contributed by atoms with Crippen molar-refractivity contribution >= 4 is 12.6 Å². The first kappa shape index (κ1) is 12.6. The normalized spacial score (nSPS) is 21.5. The minimum Gasteiger partial charge on any atom is -0.423 e. The second-order valence-corrected chi connectivity index (χ2v) is 4.53. The van der Waals surface area contributed by atoms with Crippen LogP contribution in [-0.2, 0) is 11.3 Å². The second kappa shape index (κ2) is 5.64. The first-order valence-corrected chi connectivity index (χ1v) is 5.94. The van der Waals surface area contributed by atoms with Gasteiger partial charge in [0.15, 0.2) is 0 Å². The molecule has 2 rings (SSSR count). The summed E-state index contributed by atoms with van der Waals surface area (Å²) in [6, 6.07) is 7.39. The Morgan fingerprint density at radius 1 is 1.35 bits per heavy atom. The molecular weight excluding hydrogens is 217 g/mol. The summed E-state index contributed by atoms with van der Waals surface area (Å²) in [4.78, 5) is 2.35. The molecule has 0 bridgehead atoms. The van der Waals surface area contributed by atoms with Gasteiger partial charge in [0.1, 0.15) is 0 Å². The molecule has 0 aromatic heterocycles. The van der Waals surface area contributed by atoms with Crippen molar-refractivity contribution in [1.82, 2.24) is 4.90 Å². The smallest absolute Gasteiger partial charge is 0.423 e. The highest BCUT2D eigenvalue weighted by atomic mass is 16.5. The first-order valence-electron chi connectivity index (χ1n) is 5.94. The Bertz CT molecular complexity index is 355. The van der Waals surface area contributed by atoms with E-state index in [1.807, 2.05) is 12.1 Å². The maximum Gasteiger partial charge on any atom is 0.488 e. The summed E-state index contributed by atoms with van der Waals surface area (Å²) in [6.07, 6.45) is 0.294. The monoisotopic (exact) mass is 235 g/mol. The van der Waals surface area contributed by atoms with Gasteiger partial charge in [0.2, 0.25) is 0 Å². The fourth-order valence-corrected chi connectivity index (χ4v) is 2.09. The zero-order chi connectivity index (χ0) is 12.3. The van der Waals surface area contributed by atoms with Crippen molar-refractivity contribution in [1.29, 1.82) is 0 Å². The minimum atomic E-state index is -1.38. The predicted molar refractivity (Wildman–Crippen MR) is 67.0 cm³/mol. The summed E-state index contributed by atoms with van der Waals surface area (Å²) in [5, 5.41) is 18.0. The van der Waals surface area contributed by atoms with Crippen LogP contribution >= 0.6 is 0 Å². The molecular formula is C12H18BNO3. The van der Waals surface area contributed by atoms with E-state index in [-0.39, 0.29) is 0 Å². The molecule has 0 amide bonds. The molecule has 1 aromatic rings. The quantitative estimate of drug-likeness (QED) is 0.699. The number of rotatable bonds is 3. The number of nitrogens with zero attached hydrogens (tertiary/aromatic N) is 1. The Morgan fingerprint density at radius 3 is 2.65 bits per heavy atom. The third-order valence-electron chi connectivity index (χ3n) is 3.01. The van der Waals surface area contributed by atoms with Crippen molar-refractivity contribution in [3.05, 3.63) is 29.8 Å². The van der Waals surface area contributed by atoms with Crippen molar-refractivity contribution in [3.63, 3.8) is 0 Å². The van der Waals surface area contributed by atoms with Gasteiger partial charge in [-0.25, -0.2) is 0 Å². The van der Waals surface area contributed by atoms with Gasteiger partial charge in [0.05, 0.1) is 12.7 Å². The molecule has 0 spiro atoms. The number of hydrogen-bond acceptors (Lipinski definition) is 4. The Labute approximate surface area is 102 Å². The molecule has 4 nitrogen and oxygen atoms in total. The number of hydrogen-bond donors (Lipinski definition) is 2. The topological polar surface area (TPSA) is 52.9 Å². The summed E-state index contributed by atoms with van der Waals surface area (Å²) >= 11 is 0. The fraction of sp³-hybridized carbons (Fsp3) is 0.500. The lowest BCUT2D eigenvalue weighted by Crippen LogP contribution is -2.40. The van der Waals surface area contributed by atoms with E-state index in [2.05, 4.69) is 11.8 Å². The highest BCUT2D eigenvalue weighted by Gasteiger charge is 2.17. The summed E-state index contributed by atoms with van der Waals surface area (Å²) < 4.78 is 5.49. The molecule has 1 heterocycles. The van der Waals surface area contributed by atoms with E-state index in [9.17, 15) is 0 Å². The van der Waals surface area contributed by atoms with E-state index >= 15 is 0 Å². The first-order chi connectivity index (χ1) is 8.15. The number of morpholine rings is 1. The third kappa shape index (κ3) is 3.54. The Balaban J connectivity index is 1.94. The van der Waals surface area contributed by atoms with Crippen LogP contribution in [0.25, 0.3) is 0 Å². The standard InChI is InChI=1S/C12H18BNO3/c1-10-8-14(6-7-17-10)9-11-2-4-12(5-3-11)13(15)16/h2-5,10,15-16H,6-9H2,1H3. The van der Waals surface area contributed by atoms with Crippen LogP contribution in [0.1, 0.15) is 12.5 Å².